The van der Waals surface area contributed by atoms with Crippen LogP contribution in [0.4, 0.5) is 45.5 Å². The first kappa shape index (κ1) is 33.6. The molecule has 0 fully saturated rings. The fourth-order valence-electron chi connectivity index (χ4n) is 9.53. The molecule has 0 spiro atoms. The number of rotatable bonds is 5. The quantitative estimate of drug-likeness (QED) is 0.164. The maximum Gasteiger partial charge on any atom is 0.251 e. The molecule has 2 aliphatic heterocycles. The molecule has 3 heterocycles. The van der Waals surface area contributed by atoms with E-state index in [-0.39, 0.29) is 12.1 Å². The minimum Gasteiger partial charge on any atom is -0.454 e. The highest BCUT2D eigenvalue weighted by molar-refractivity contribution is 6.96. The highest BCUT2D eigenvalue weighted by Crippen LogP contribution is 2.51. The largest absolute Gasteiger partial charge is 0.454 e. The number of allylic oxidation sites excluding steroid dienone is 3. The highest BCUT2D eigenvalue weighted by atomic mass is 16.3. The molecular formula is C52H42BN3O. The van der Waals surface area contributed by atoms with Crippen molar-refractivity contribution < 1.29 is 4.42 Å². The van der Waals surface area contributed by atoms with Crippen molar-refractivity contribution in [2.24, 2.45) is 0 Å². The molecule has 0 radical (unpaired) electrons. The number of para-hydroxylation sites is 6. The third-order valence-corrected chi connectivity index (χ3v) is 12.0. The standard InChI is InChI=1S/C52H42BN3O/c1-52(2,3)41-27-17-25-39-40-26-18-32-46(51(40)57-50(39)41)54(35-19-7-4-8-20-35)38-33-47-49-48(34-38)56(37-23-11-6-12-24-37)45-31-16-14-29-43(45)53(49)42-28-13-15-30-44(42)55(47)36-21-9-5-10-22-36/h4-13,15,17-34H,14,16H2,1-3H3. The van der Waals surface area contributed by atoms with Crippen molar-refractivity contribution in [1.29, 1.82) is 0 Å². The molecule has 7 aromatic carbocycles. The van der Waals surface area contributed by atoms with Gasteiger partial charge in [0, 0.05) is 56.2 Å². The fraction of sp³-hybridized carbons (Fsp3) is 0.115. The van der Waals surface area contributed by atoms with Gasteiger partial charge in [-0.15, -0.1) is 0 Å². The molecule has 5 heteroatoms. The number of fused-ring (bicyclic) bond motifs is 7. The maximum absolute atomic E-state index is 7.08. The van der Waals surface area contributed by atoms with Gasteiger partial charge < -0.3 is 19.1 Å². The van der Waals surface area contributed by atoms with Crippen LogP contribution in [-0.4, -0.2) is 6.71 Å². The first-order valence-electron chi connectivity index (χ1n) is 20.1. The van der Waals surface area contributed by atoms with Crippen molar-refractivity contribution in [2.75, 3.05) is 14.7 Å². The predicted molar refractivity (Wildman–Crippen MR) is 241 cm³/mol. The molecule has 11 rings (SSSR count). The molecule has 0 saturated carbocycles. The SMILES string of the molecule is CC(C)(C)c1cccc2c1oc1c(N(c3ccccc3)c3cc4c5c(c3)N(c3ccccc3)c3ccccc3B5C3=CCCC=C3N4c3ccccc3)cccc12. The lowest BCUT2D eigenvalue weighted by molar-refractivity contribution is 0.573. The van der Waals surface area contributed by atoms with E-state index in [0.717, 1.165) is 63.2 Å². The third-order valence-electron chi connectivity index (χ3n) is 12.0. The fourth-order valence-corrected chi connectivity index (χ4v) is 9.53. The Morgan fingerprint density at radius 1 is 0.544 bits per heavy atom. The summed E-state index contributed by atoms with van der Waals surface area (Å²) in [6, 6.07) is 59.6. The molecule has 1 aliphatic carbocycles. The van der Waals surface area contributed by atoms with E-state index in [2.05, 4.69) is 211 Å². The van der Waals surface area contributed by atoms with Crippen molar-refractivity contribution in [1.82, 2.24) is 0 Å². The number of hydrogen-bond acceptors (Lipinski definition) is 4. The Bertz CT molecular complexity index is 2910. The number of nitrogens with zero attached hydrogens (tertiary/aromatic N) is 3. The van der Waals surface area contributed by atoms with Crippen molar-refractivity contribution in [3.63, 3.8) is 0 Å². The maximum atomic E-state index is 7.08. The van der Waals surface area contributed by atoms with E-state index in [1.807, 2.05) is 0 Å². The number of hydrogen-bond donors (Lipinski definition) is 0. The molecule has 1 aromatic heterocycles. The summed E-state index contributed by atoms with van der Waals surface area (Å²) >= 11 is 0. The molecule has 0 atom stereocenters. The van der Waals surface area contributed by atoms with Crippen LogP contribution in [0, 0.1) is 0 Å². The number of furan rings is 1. The Kier molecular flexibility index (Phi) is 7.62. The van der Waals surface area contributed by atoms with Crippen LogP contribution in [0.2, 0.25) is 0 Å². The monoisotopic (exact) mass is 735 g/mol. The Morgan fingerprint density at radius 2 is 1.14 bits per heavy atom. The second-order valence-corrected chi connectivity index (χ2v) is 16.4. The van der Waals surface area contributed by atoms with E-state index in [9.17, 15) is 0 Å². The van der Waals surface area contributed by atoms with Crippen LogP contribution in [0.5, 0.6) is 0 Å². The van der Waals surface area contributed by atoms with Gasteiger partial charge in [-0.1, -0.05) is 136 Å². The van der Waals surface area contributed by atoms with Gasteiger partial charge in [0.25, 0.3) is 6.71 Å². The molecule has 8 aromatic rings. The summed E-state index contributed by atoms with van der Waals surface area (Å²) in [5.74, 6) is 0. The molecule has 274 valence electrons. The summed E-state index contributed by atoms with van der Waals surface area (Å²) < 4.78 is 7.08. The lowest BCUT2D eigenvalue weighted by Gasteiger charge is -2.46. The van der Waals surface area contributed by atoms with Crippen LogP contribution in [-0.2, 0) is 5.41 Å². The molecule has 3 aliphatic rings. The molecule has 57 heavy (non-hydrogen) atoms. The summed E-state index contributed by atoms with van der Waals surface area (Å²) in [7, 11) is 0. The molecule has 0 N–H and O–H groups in total. The van der Waals surface area contributed by atoms with Crippen molar-refractivity contribution in [3.05, 3.63) is 193 Å². The smallest absolute Gasteiger partial charge is 0.251 e. The van der Waals surface area contributed by atoms with Gasteiger partial charge in [-0.3, -0.25) is 0 Å². The number of benzene rings is 7. The highest BCUT2D eigenvalue weighted by Gasteiger charge is 2.45. The van der Waals surface area contributed by atoms with Gasteiger partial charge in [0.05, 0.1) is 11.4 Å². The van der Waals surface area contributed by atoms with Crippen LogP contribution in [0.3, 0.4) is 0 Å². The second-order valence-electron chi connectivity index (χ2n) is 16.4. The van der Waals surface area contributed by atoms with E-state index < -0.39 is 0 Å². The lowest BCUT2D eigenvalue weighted by Crippen LogP contribution is -2.57. The Hall–Kier alpha value is -6.72. The zero-order chi connectivity index (χ0) is 38.3. The minimum atomic E-state index is -0.0798. The van der Waals surface area contributed by atoms with Gasteiger partial charge in [0.15, 0.2) is 5.58 Å². The Labute approximate surface area is 334 Å². The van der Waals surface area contributed by atoms with Gasteiger partial charge in [0.2, 0.25) is 0 Å². The Balaban J connectivity index is 1.25. The van der Waals surface area contributed by atoms with Crippen molar-refractivity contribution in [2.45, 2.75) is 39.0 Å². The number of anilines is 8. The van der Waals surface area contributed by atoms with Crippen LogP contribution in [0.15, 0.2) is 192 Å². The molecular weight excluding hydrogens is 693 g/mol. The van der Waals surface area contributed by atoms with Gasteiger partial charge >= 0.3 is 0 Å². The average Bonchev–Trinajstić information content (AvgIpc) is 3.64. The van der Waals surface area contributed by atoms with Crippen LogP contribution < -0.4 is 25.6 Å². The van der Waals surface area contributed by atoms with Crippen molar-refractivity contribution in [3.8, 4) is 0 Å². The first-order valence-corrected chi connectivity index (χ1v) is 20.1. The van der Waals surface area contributed by atoms with Crippen LogP contribution in [0.25, 0.3) is 21.9 Å². The van der Waals surface area contributed by atoms with Gasteiger partial charge in [-0.2, -0.15) is 0 Å². The first-order chi connectivity index (χ1) is 28.0. The zero-order valence-electron chi connectivity index (χ0n) is 32.5. The van der Waals surface area contributed by atoms with E-state index >= 15 is 0 Å². The van der Waals surface area contributed by atoms with E-state index in [4.69, 9.17) is 4.42 Å². The van der Waals surface area contributed by atoms with Gasteiger partial charge in [-0.25, -0.2) is 0 Å². The topological polar surface area (TPSA) is 22.9 Å². The molecule has 0 amide bonds. The summed E-state index contributed by atoms with van der Waals surface area (Å²) in [4.78, 5) is 7.40. The van der Waals surface area contributed by atoms with E-state index in [1.165, 1.54) is 44.7 Å². The molecule has 4 nitrogen and oxygen atoms in total. The third kappa shape index (κ3) is 5.22. The van der Waals surface area contributed by atoms with Crippen LogP contribution in [0.1, 0.15) is 39.2 Å². The van der Waals surface area contributed by atoms with Gasteiger partial charge in [-0.05, 0) is 95.3 Å². The van der Waals surface area contributed by atoms with Crippen molar-refractivity contribution >= 4 is 85.1 Å². The average molecular weight is 736 g/mol. The molecule has 0 saturated heterocycles. The normalized spacial score (nSPS) is 14.5. The van der Waals surface area contributed by atoms with Crippen LogP contribution >= 0.6 is 0 Å². The van der Waals surface area contributed by atoms with Gasteiger partial charge in [0.1, 0.15) is 5.58 Å². The minimum absolute atomic E-state index is 0.0798. The second kappa shape index (κ2) is 12.9. The van der Waals surface area contributed by atoms with E-state index in [0.29, 0.717) is 0 Å². The Morgan fingerprint density at radius 3 is 1.86 bits per heavy atom. The summed E-state index contributed by atoms with van der Waals surface area (Å²) in [5, 5.41) is 2.25. The predicted octanol–water partition coefficient (Wildman–Crippen LogP) is 13.0. The summed E-state index contributed by atoms with van der Waals surface area (Å²) in [6.45, 7) is 6.87. The summed E-state index contributed by atoms with van der Waals surface area (Å²) in [5.41, 5.74) is 17.2. The zero-order valence-corrected chi connectivity index (χ0v) is 32.5. The molecule has 0 unspecified atom stereocenters. The summed E-state index contributed by atoms with van der Waals surface area (Å²) in [6.07, 6.45) is 7.00. The van der Waals surface area contributed by atoms with E-state index in [1.54, 1.807) is 0 Å². The molecule has 0 bridgehead atoms. The lowest BCUT2D eigenvalue weighted by atomic mass is 9.32.